The van der Waals surface area contributed by atoms with Crippen molar-refractivity contribution < 1.29 is 18.7 Å². The summed E-state index contributed by atoms with van der Waals surface area (Å²) in [4.78, 5) is 24.6. The van der Waals surface area contributed by atoms with E-state index in [1.165, 1.54) is 25.1 Å². The van der Waals surface area contributed by atoms with E-state index in [9.17, 15) is 14.0 Å². The van der Waals surface area contributed by atoms with Gasteiger partial charge in [0.25, 0.3) is 5.91 Å². The van der Waals surface area contributed by atoms with E-state index in [1.54, 1.807) is 12.1 Å². The van der Waals surface area contributed by atoms with Crippen molar-refractivity contribution in [1.82, 2.24) is 0 Å². The normalized spacial score (nSPS) is 19.7. The van der Waals surface area contributed by atoms with Crippen LogP contribution < -0.4 is 5.32 Å². The lowest BCUT2D eigenvalue weighted by Crippen LogP contribution is -2.48. The maximum absolute atomic E-state index is 13.4. The largest absolute Gasteiger partial charge is 0.445 e. The van der Waals surface area contributed by atoms with E-state index < -0.39 is 23.3 Å². The van der Waals surface area contributed by atoms with Crippen molar-refractivity contribution >= 4 is 17.6 Å². The number of esters is 1. The van der Waals surface area contributed by atoms with Crippen LogP contribution in [0.4, 0.5) is 10.1 Å². The van der Waals surface area contributed by atoms with Gasteiger partial charge in [-0.3, -0.25) is 4.79 Å². The number of hydrogen-bond donors (Lipinski definition) is 1. The first-order valence-corrected chi connectivity index (χ1v) is 7.27. The van der Waals surface area contributed by atoms with Crippen molar-refractivity contribution in [3.05, 3.63) is 65.0 Å². The van der Waals surface area contributed by atoms with E-state index >= 15 is 0 Å². The fraction of sp³-hybridized carbons (Fsp3) is 0.222. The molecule has 1 aliphatic heterocycles. The lowest BCUT2D eigenvalue weighted by atomic mass is 9.89. The molecule has 2 aromatic rings. The summed E-state index contributed by atoms with van der Waals surface area (Å²) in [6.07, 6.45) is 0.129. The van der Waals surface area contributed by atoms with E-state index in [1.807, 2.05) is 19.1 Å². The number of ether oxygens (including phenoxy) is 1. The van der Waals surface area contributed by atoms with Crippen LogP contribution in [0, 0.1) is 12.7 Å². The first kappa shape index (κ1) is 15.2. The highest BCUT2D eigenvalue weighted by Crippen LogP contribution is 2.30. The number of aryl methyl sites for hydroxylation is 1. The summed E-state index contributed by atoms with van der Waals surface area (Å²) >= 11 is 0. The molecule has 0 fully saturated rings. The SMILES string of the molecule is Cc1ccc(NC(=O)C2(C)Cc3cc(F)ccc3C(=O)O2)cc1. The van der Waals surface area contributed by atoms with Gasteiger partial charge in [0.1, 0.15) is 5.82 Å². The summed E-state index contributed by atoms with van der Waals surface area (Å²) in [6, 6.07) is 11.1. The maximum Gasteiger partial charge on any atom is 0.339 e. The molecular formula is C18H16FNO3. The van der Waals surface area contributed by atoms with Gasteiger partial charge in [0, 0.05) is 12.1 Å². The summed E-state index contributed by atoms with van der Waals surface area (Å²) in [6.45, 7) is 3.48. The van der Waals surface area contributed by atoms with Gasteiger partial charge in [-0.15, -0.1) is 0 Å². The molecule has 1 unspecified atom stereocenters. The number of benzene rings is 2. The fourth-order valence-electron chi connectivity index (χ4n) is 2.59. The minimum atomic E-state index is -1.37. The van der Waals surface area contributed by atoms with Crippen molar-refractivity contribution in [2.24, 2.45) is 0 Å². The van der Waals surface area contributed by atoms with E-state index in [0.717, 1.165) is 5.56 Å². The molecule has 1 aliphatic rings. The molecule has 1 heterocycles. The lowest BCUT2D eigenvalue weighted by Gasteiger charge is -2.33. The quantitative estimate of drug-likeness (QED) is 0.866. The van der Waals surface area contributed by atoms with E-state index in [-0.39, 0.29) is 6.42 Å². The second-order valence-corrected chi connectivity index (χ2v) is 5.92. The second-order valence-electron chi connectivity index (χ2n) is 5.92. The maximum atomic E-state index is 13.4. The Kier molecular flexibility index (Phi) is 3.64. The average Bonchev–Trinajstić information content (AvgIpc) is 2.48. The van der Waals surface area contributed by atoms with Crippen molar-refractivity contribution in [2.75, 3.05) is 5.32 Å². The van der Waals surface area contributed by atoms with Crippen LogP contribution in [0.25, 0.3) is 0 Å². The van der Waals surface area contributed by atoms with Crippen molar-refractivity contribution in [1.29, 1.82) is 0 Å². The molecule has 1 amide bonds. The molecule has 3 rings (SSSR count). The number of cyclic esters (lactones) is 1. The summed E-state index contributed by atoms with van der Waals surface area (Å²) < 4.78 is 18.7. The molecule has 1 atom stereocenters. The first-order chi connectivity index (χ1) is 10.9. The van der Waals surface area contributed by atoms with Crippen LogP contribution in [0.3, 0.4) is 0 Å². The summed E-state index contributed by atoms with van der Waals surface area (Å²) in [5.41, 5.74) is 1.09. The lowest BCUT2D eigenvalue weighted by molar-refractivity contribution is -0.134. The highest BCUT2D eigenvalue weighted by Gasteiger charge is 2.42. The van der Waals surface area contributed by atoms with Gasteiger partial charge in [-0.1, -0.05) is 17.7 Å². The molecule has 4 nitrogen and oxygen atoms in total. The Balaban J connectivity index is 1.85. The van der Waals surface area contributed by atoms with Crippen LogP contribution in [-0.4, -0.2) is 17.5 Å². The first-order valence-electron chi connectivity index (χ1n) is 7.27. The molecule has 5 heteroatoms. The predicted octanol–water partition coefficient (Wildman–Crippen LogP) is 3.24. The molecule has 0 saturated carbocycles. The monoisotopic (exact) mass is 313 g/mol. The van der Waals surface area contributed by atoms with Gasteiger partial charge in [-0.25, -0.2) is 9.18 Å². The molecule has 1 N–H and O–H groups in total. The van der Waals surface area contributed by atoms with Crippen molar-refractivity contribution in [2.45, 2.75) is 25.9 Å². The molecule has 2 aromatic carbocycles. The number of hydrogen-bond acceptors (Lipinski definition) is 3. The average molecular weight is 313 g/mol. The van der Waals surface area contributed by atoms with Crippen LogP contribution in [0.5, 0.6) is 0 Å². The molecular weight excluding hydrogens is 297 g/mol. The summed E-state index contributed by atoms with van der Waals surface area (Å²) in [5, 5.41) is 2.74. The topological polar surface area (TPSA) is 55.4 Å². The van der Waals surface area contributed by atoms with Crippen LogP contribution in [-0.2, 0) is 16.0 Å². The van der Waals surface area contributed by atoms with Gasteiger partial charge in [-0.05, 0) is 49.7 Å². The van der Waals surface area contributed by atoms with Gasteiger partial charge in [-0.2, -0.15) is 0 Å². The van der Waals surface area contributed by atoms with Gasteiger partial charge < -0.3 is 10.1 Å². The standard InChI is InChI=1S/C18H16FNO3/c1-11-3-6-14(7-4-11)20-17(22)18(2)10-12-9-13(19)5-8-15(12)16(21)23-18/h3-9H,10H2,1-2H3,(H,20,22). The number of rotatable bonds is 2. The van der Waals surface area contributed by atoms with E-state index in [0.29, 0.717) is 16.8 Å². The number of anilines is 1. The third-order valence-electron chi connectivity index (χ3n) is 3.92. The van der Waals surface area contributed by atoms with Crippen LogP contribution >= 0.6 is 0 Å². The van der Waals surface area contributed by atoms with Crippen molar-refractivity contribution in [3.8, 4) is 0 Å². The number of carbonyl (C=O) groups is 2. The summed E-state index contributed by atoms with van der Waals surface area (Å²) in [7, 11) is 0. The zero-order valence-corrected chi connectivity index (χ0v) is 12.9. The number of fused-ring (bicyclic) bond motifs is 1. The minimum absolute atomic E-state index is 0.129. The molecule has 23 heavy (non-hydrogen) atoms. The predicted molar refractivity (Wildman–Crippen MR) is 83.7 cm³/mol. The molecule has 0 aliphatic carbocycles. The number of halogens is 1. The molecule has 0 aromatic heterocycles. The Morgan fingerprint density at radius 1 is 1.22 bits per heavy atom. The van der Waals surface area contributed by atoms with Gasteiger partial charge in [0.15, 0.2) is 5.60 Å². The zero-order valence-electron chi connectivity index (χ0n) is 12.9. The fourth-order valence-corrected chi connectivity index (χ4v) is 2.59. The number of carbonyl (C=O) groups excluding carboxylic acids is 2. The minimum Gasteiger partial charge on any atom is -0.445 e. The Labute approximate surface area is 133 Å². The van der Waals surface area contributed by atoms with E-state index in [2.05, 4.69) is 5.32 Å². The van der Waals surface area contributed by atoms with Gasteiger partial charge in [0.05, 0.1) is 5.56 Å². The molecule has 0 radical (unpaired) electrons. The number of amides is 1. The Morgan fingerprint density at radius 2 is 1.91 bits per heavy atom. The molecule has 118 valence electrons. The highest BCUT2D eigenvalue weighted by molar-refractivity contribution is 6.02. The summed E-state index contributed by atoms with van der Waals surface area (Å²) in [5.74, 6) is -1.50. The second kappa shape index (κ2) is 5.50. The van der Waals surface area contributed by atoms with Crippen LogP contribution in [0.15, 0.2) is 42.5 Å². The Morgan fingerprint density at radius 3 is 2.61 bits per heavy atom. The Bertz CT molecular complexity index is 785. The molecule has 0 saturated heterocycles. The third-order valence-corrected chi connectivity index (χ3v) is 3.92. The van der Waals surface area contributed by atoms with Gasteiger partial charge in [0.2, 0.25) is 0 Å². The highest BCUT2D eigenvalue weighted by atomic mass is 19.1. The van der Waals surface area contributed by atoms with Gasteiger partial charge >= 0.3 is 5.97 Å². The number of nitrogens with one attached hydrogen (secondary N) is 1. The molecule has 0 bridgehead atoms. The van der Waals surface area contributed by atoms with Crippen LogP contribution in [0.1, 0.15) is 28.4 Å². The van der Waals surface area contributed by atoms with Crippen molar-refractivity contribution in [3.63, 3.8) is 0 Å². The van der Waals surface area contributed by atoms with Crippen LogP contribution in [0.2, 0.25) is 0 Å². The zero-order chi connectivity index (χ0) is 16.6. The molecule has 0 spiro atoms. The van der Waals surface area contributed by atoms with E-state index in [4.69, 9.17) is 4.74 Å². The smallest absolute Gasteiger partial charge is 0.339 e. The third kappa shape index (κ3) is 2.95. The Hall–Kier alpha value is -2.69.